The quantitative estimate of drug-likeness (QED) is 0.148. The Morgan fingerprint density at radius 3 is 1.17 bits per heavy atom. The first-order chi connectivity index (χ1) is 50.4. The number of aryl methyl sites for hydroxylation is 13. The van der Waals surface area contributed by atoms with Gasteiger partial charge in [0.05, 0.1) is 17.1 Å². The van der Waals surface area contributed by atoms with Crippen molar-refractivity contribution in [3.05, 3.63) is 279 Å². The minimum Gasteiger partial charge on any atom is -0.458 e. The molecule has 12 aromatic carbocycles. The van der Waals surface area contributed by atoms with Crippen molar-refractivity contribution in [2.45, 2.75) is 90.0 Å². The lowest BCUT2D eigenvalue weighted by Gasteiger charge is -2.43. The van der Waals surface area contributed by atoms with Gasteiger partial charge in [-0.25, -0.2) is 0 Å². The van der Waals surface area contributed by atoms with Gasteiger partial charge >= 0.3 is 0 Å². The average Bonchev–Trinajstić information content (AvgIpc) is 1.47. The van der Waals surface area contributed by atoms with Gasteiger partial charge in [-0.3, -0.25) is 0 Å². The highest BCUT2D eigenvalue weighted by atomic mass is 32.1. The van der Waals surface area contributed by atoms with E-state index in [2.05, 4.69) is 306 Å². The molecule has 20 rings (SSSR count). The number of fused-ring (bicyclic) bond motifs is 14. The Balaban J connectivity index is 0.942. The van der Waals surface area contributed by atoms with E-state index in [4.69, 9.17) is 18.9 Å². The molecule has 0 saturated heterocycles. The number of nitrogens with zero attached hydrogens (tertiary/aromatic N) is 2. The normalized spacial score (nSPS) is 13.5. The summed E-state index contributed by atoms with van der Waals surface area (Å²) in [5.41, 5.74) is 39.8. The van der Waals surface area contributed by atoms with Crippen LogP contribution in [0.2, 0.25) is 0 Å². The fraction of sp³-hybridized carbons (Fsp3) is 0.140. The third-order valence-electron chi connectivity index (χ3n) is 23.0. The maximum Gasteiger partial charge on any atom is 0.281 e. The van der Waals surface area contributed by atoms with Crippen LogP contribution in [0.1, 0.15) is 72.3 Å². The number of anilines is 6. The van der Waals surface area contributed by atoms with Crippen molar-refractivity contribution in [3.63, 3.8) is 0 Å². The minimum atomic E-state index is -0.328. The van der Waals surface area contributed by atoms with Crippen LogP contribution < -0.4 is 75.2 Å². The van der Waals surface area contributed by atoms with Gasteiger partial charge in [-0.1, -0.05) is 162 Å². The predicted octanol–water partition coefficient (Wildman–Crippen LogP) is 19.7. The second-order valence-corrected chi connectivity index (χ2v) is 32.2. The summed E-state index contributed by atoms with van der Waals surface area (Å²) in [6.07, 6.45) is 0. The molecule has 0 bridgehead atoms. The highest BCUT2D eigenvalue weighted by molar-refractivity contribution is 7.44. The Morgan fingerprint density at radius 1 is 0.269 bits per heavy atom. The van der Waals surface area contributed by atoms with Gasteiger partial charge in [-0.05, 0) is 284 Å². The highest BCUT2D eigenvalue weighted by Gasteiger charge is 2.55. The van der Waals surface area contributed by atoms with E-state index >= 15 is 0 Å². The van der Waals surface area contributed by atoms with Gasteiger partial charge in [0, 0.05) is 41.6 Å². The van der Waals surface area contributed by atoms with Crippen molar-refractivity contribution < 1.29 is 18.9 Å². The highest BCUT2D eigenvalue weighted by Crippen LogP contribution is 2.57. The number of rotatable bonds is 7. The molecule has 0 saturated carbocycles. The summed E-state index contributed by atoms with van der Waals surface area (Å²) in [5, 5.41) is 0. The molecule has 14 aromatic rings. The van der Waals surface area contributed by atoms with Crippen molar-refractivity contribution in [1.29, 1.82) is 0 Å². The number of thiophene rings is 2. The molecule has 0 fully saturated rings. The molecular formula is C93H73B3N2O4S2. The molecule has 6 aliphatic rings. The van der Waals surface area contributed by atoms with Crippen LogP contribution in [-0.2, 0) is 0 Å². The molecule has 500 valence electrons. The van der Waals surface area contributed by atoms with E-state index in [1.54, 1.807) is 0 Å². The van der Waals surface area contributed by atoms with E-state index in [1.807, 2.05) is 22.7 Å². The summed E-state index contributed by atoms with van der Waals surface area (Å²) in [7, 11) is 0. The summed E-state index contributed by atoms with van der Waals surface area (Å²) in [6.45, 7) is 28.6. The first-order valence-corrected chi connectivity index (χ1v) is 38.0. The second-order valence-electron chi connectivity index (χ2n) is 30.1. The van der Waals surface area contributed by atoms with Crippen molar-refractivity contribution >= 4 is 123 Å². The zero-order valence-electron chi connectivity index (χ0n) is 60.7. The molecule has 0 N–H and O–H groups in total. The predicted molar refractivity (Wildman–Crippen MR) is 440 cm³/mol. The molecule has 11 heteroatoms. The third-order valence-corrected chi connectivity index (χ3v) is 25.5. The van der Waals surface area contributed by atoms with Crippen molar-refractivity contribution in [2.24, 2.45) is 0 Å². The summed E-state index contributed by atoms with van der Waals surface area (Å²) >= 11 is 3.82. The molecule has 6 aliphatic heterocycles. The fourth-order valence-electron chi connectivity index (χ4n) is 19.3. The van der Waals surface area contributed by atoms with E-state index in [0.717, 1.165) is 139 Å². The topological polar surface area (TPSA) is 43.4 Å². The zero-order chi connectivity index (χ0) is 70.7. The van der Waals surface area contributed by atoms with Crippen LogP contribution in [0.15, 0.2) is 206 Å². The van der Waals surface area contributed by atoms with Gasteiger partial charge in [0.15, 0.2) is 11.5 Å². The van der Waals surface area contributed by atoms with E-state index in [0.29, 0.717) is 0 Å². The molecule has 0 unspecified atom stereocenters. The van der Waals surface area contributed by atoms with Crippen LogP contribution in [0, 0.1) is 90.0 Å². The van der Waals surface area contributed by atoms with Crippen LogP contribution in [0.3, 0.4) is 0 Å². The van der Waals surface area contributed by atoms with E-state index < -0.39 is 0 Å². The first-order valence-electron chi connectivity index (χ1n) is 36.4. The van der Waals surface area contributed by atoms with Gasteiger partial charge < -0.3 is 28.7 Å². The molecule has 0 aliphatic carbocycles. The lowest BCUT2D eigenvalue weighted by atomic mass is 9.36. The van der Waals surface area contributed by atoms with Crippen molar-refractivity contribution in [3.8, 4) is 102 Å². The summed E-state index contributed by atoms with van der Waals surface area (Å²) in [4.78, 5) is 5.32. The van der Waals surface area contributed by atoms with Crippen LogP contribution in [0.5, 0.6) is 46.0 Å². The number of benzene rings is 12. The second kappa shape index (κ2) is 23.0. The molecule has 0 amide bonds. The van der Waals surface area contributed by atoms with Crippen molar-refractivity contribution in [1.82, 2.24) is 0 Å². The molecule has 0 radical (unpaired) electrons. The third kappa shape index (κ3) is 9.08. The van der Waals surface area contributed by atoms with Gasteiger partial charge in [-0.15, -0.1) is 0 Å². The van der Waals surface area contributed by atoms with Gasteiger partial charge in [0.25, 0.3) is 20.1 Å². The van der Waals surface area contributed by atoms with Gasteiger partial charge in [-0.2, -0.15) is 22.7 Å². The molecule has 8 heterocycles. The van der Waals surface area contributed by atoms with E-state index in [9.17, 15) is 0 Å². The SMILES string of the molecule is Cc1cc(C)c(-c2cccc(-c3c(C)cc(C)cc3C)c2-c2cc3c4c(c2)N(c2c(C)cc(C)cc2C)c2c(sc5c2N(c2ccccc2)c2cc(-c6c(C)cccc6C)cc6c2B5c2ccccc2O6)B4c2sc4c(c2O3)Oc2cc(-c3c(C)cccc3C)cc3c2B4c2ccccc2O3)c(C)c1. The number of ether oxygens (including phenoxy) is 4. The lowest BCUT2D eigenvalue weighted by molar-refractivity contribution is 0.424. The Labute approximate surface area is 618 Å². The molecule has 6 nitrogen and oxygen atoms in total. The van der Waals surface area contributed by atoms with Crippen LogP contribution in [0.4, 0.5) is 34.1 Å². The van der Waals surface area contributed by atoms with Gasteiger partial charge in [0.1, 0.15) is 34.5 Å². The standard InChI is InChI=1S/C93H73B3N2O4S2/c1-48-36-55(8)79(56(9)37-48)65-30-23-31-66(80-57(10)38-49(2)39-58(80)11)81(65)62-43-70-83-74(45-62)101-89-88-92(95-68-33-18-20-35-72(68)100-75-46-63(47-76(102-88)84(75)95)78-53(6)26-22-27-54(78)7)104-93(89)96(83)91-87(98(70)85-59(12)40-50(3)41-60(85)13)86-90(103-91)94-67-32-17-19-34-71(67)99-73-44-61(77-51(4)24-21-25-52(77)5)42-69(82(73)94)97(86)64-28-15-14-16-29-64/h14-47H,1-13H3. The Morgan fingerprint density at radius 2 is 0.644 bits per heavy atom. The average molecular weight is 1380 g/mol. The zero-order valence-corrected chi connectivity index (χ0v) is 62.3. The van der Waals surface area contributed by atoms with Crippen molar-refractivity contribution in [2.75, 3.05) is 9.80 Å². The van der Waals surface area contributed by atoms with Gasteiger partial charge in [0.2, 0.25) is 0 Å². The minimum absolute atomic E-state index is 0.198. The van der Waals surface area contributed by atoms with E-state index in [-0.39, 0.29) is 20.1 Å². The Kier molecular flexibility index (Phi) is 13.9. The first kappa shape index (κ1) is 62.8. The number of hydrogen-bond acceptors (Lipinski definition) is 8. The maximum atomic E-state index is 8.15. The van der Waals surface area contributed by atoms with E-state index in [1.165, 1.54) is 115 Å². The Bertz CT molecular complexity index is 5980. The van der Waals surface area contributed by atoms with Crippen LogP contribution in [0.25, 0.3) is 55.6 Å². The molecule has 0 atom stereocenters. The lowest BCUT2D eigenvalue weighted by Crippen LogP contribution is -2.58. The molecule has 0 spiro atoms. The Hall–Kier alpha value is -11.0. The summed E-state index contributed by atoms with van der Waals surface area (Å²) < 4.78 is 35.1. The smallest absolute Gasteiger partial charge is 0.281 e. The summed E-state index contributed by atoms with van der Waals surface area (Å²) in [5.74, 6) is 6.51. The van der Waals surface area contributed by atoms with Crippen LogP contribution in [-0.4, -0.2) is 20.1 Å². The molecule has 104 heavy (non-hydrogen) atoms. The molecular weight excluding hydrogens is 1310 g/mol. The maximum absolute atomic E-state index is 8.15. The number of para-hydroxylation sites is 3. The molecule has 2 aromatic heterocycles. The number of hydrogen-bond donors (Lipinski definition) is 0. The van der Waals surface area contributed by atoms with Crippen LogP contribution >= 0.6 is 22.7 Å². The summed E-state index contributed by atoms with van der Waals surface area (Å²) in [6, 6.07) is 77.2. The largest absolute Gasteiger partial charge is 0.458 e. The monoisotopic (exact) mass is 1380 g/mol. The fourth-order valence-corrected chi connectivity index (χ4v) is 22.3.